The number of amides is 1. The Morgan fingerprint density at radius 3 is 2.61 bits per heavy atom. The molecule has 28 heavy (non-hydrogen) atoms. The third-order valence-corrected chi connectivity index (χ3v) is 4.73. The number of nitrogens with two attached hydrogens (primary N) is 1. The summed E-state index contributed by atoms with van der Waals surface area (Å²) >= 11 is 1.13. The number of hydrogen-bond donors (Lipinski definition) is 2. The molecule has 8 nitrogen and oxygen atoms in total. The molecule has 0 aliphatic carbocycles. The average Bonchev–Trinajstić information content (AvgIpc) is 3.07. The summed E-state index contributed by atoms with van der Waals surface area (Å²) in [5.74, 6) is 6.92. The van der Waals surface area contributed by atoms with E-state index in [2.05, 4.69) is 15.5 Å². The molecule has 0 radical (unpaired) electrons. The Morgan fingerprint density at radius 2 is 1.93 bits per heavy atom. The van der Waals surface area contributed by atoms with E-state index in [9.17, 15) is 9.18 Å². The van der Waals surface area contributed by atoms with Crippen LogP contribution in [0, 0.1) is 5.82 Å². The van der Waals surface area contributed by atoms with Crippen LogP contribution in [0.15, 0.2) is 47.6 Å². The third kappa shape index (κ3) is 4.34. The minimum absolute atomic E-state index is 0.0634. The van der Waals surface area contributed by atoms with Gasteiger partial charge < -0.3 is 20.6 Å². The molecule has 1 amide bonds. The molecule has 3 rings (SSSR count). The van der Waals surface area contributed by atoms with Crippen molar-refractivity contribution in [3.05, 3.63) is 48.3 Å². The fourth-order valence-electron chi connectivity index (χ4n) is 2.39. The molecule has 1 heterocycles. The number of methoxy groups -OCH3 is 2. The van der Waals surface area contributed by atoms with Crippen molar-refractivity contribution in [2.75, 3.05) is 31.1 Å². The number of thioether (sulfide) groups is 1. The number of ether oxygens (including phenoxy) is 2. The van der Waals surface area contributed by atoms with Crippen LogP contribution in [0.3, 0.4) is 0 Å². The molecule has 0 fully saturated rings. The van der Waals surface area contributed by atoms with Crippen molar-refractivity contribution in [2.45, 2.75) is 5.16 Å². The predicted molar refractivity (Wildman–Crippen MR) is 104 cm³/mol. The van der Waals surface area contributed by atoms with E-state index in [1.54, 1.807) is 37.4 Å². The molecule has 1 aromatic heterocycles. The van der Waals surface area contributed by atoms with Crippen molar-refractivity contribution in [3.63, 3.8) is 0 Å². The van der Waals surface area contributed by atoms with Crippen LogP contribution < -0.4 is 20.6 Å². The van der Waals surface area contributed by atoms with Crippen LogP contribution in [0.1, 0.15) is 0 Å². The standard InChI is InChI=1S/C18H18FN5O3S/c1-26-13-7-8-14(15(9-13)27-2)21-16(25)10-28-18-23-22-17(24(18)20)11-3-5-12(19)6-4-11/h3-9H,10,20H2,1-2H3,(H,21,25). The quantitative estimate of drug-likeness (QED) is 0.461. The lowest BCUT2D eigenvalue weighted by atomic mass is 10.2. The van der Waals surface area contributed by atoms with Crippen LogP contribution in [0.25, 0.3) is 11.4 Å². The minimum Gasteiger partial charge on any atom is -0.497 e. The number of benzene rings is 2. The zero-order valence-electron chi connectivity index (χ0n) is 15.2. The fraction of sp³-hybridized carbons (Fsp3) is 0.167. The molecule has 0 bridgehead atoms. The lowest BCUT2D eigenvalue weighted by Crippen LogP contribution is -2.17. The smallest absolute Gasteiger partial charge is 0.234 e. The molecule has 0 saturated carbocycles. The molecule has 0 aliphatic heterocycles. The Hall–Kier alpha value is -3.27. The van der Waals surface area contributed by atoms with Gasteiger partial charge in [-0.1, -0.05) is 11.8 Å². The summed E-state index contributed by atoms with van der Waals surface area (Å²) in [6.45, 7) is 0. The summed E-state index contributed by atoms with van der Waals surface area (Å²) < 4.78 is 24.7. The van der Waals surface area contributed by atoms with Gasteiger partial charge in [-0.15, -0.1) is 10.2 Å². The normalized spacial score (nSPS) is 10.5. The van der Waals surface area contributed by atoms with Gasteiger partial charge in [0.2, 0.25) is 11.1 Å². The van der Waals surface area contributed by atoms with Gasteiger partial charge in [0.15, 0.2) is 5.82 Å². The number of carbonyl (C=O) groups excluding carboxylic acids is 1. The molecule has 0 atom stereocenters. The van der Waals surface area contributed by atoms with Crippen molar-refractivity contribution < 1.29 is 18.7 Å². The van der Waals surface area contributed by atoms with E-state index >= 15 is 0 Å². The van der Waals surface area contributed by atoms with Crippen LogP contribution in [-0.4, -0.2) is 40.8 Å². The SMILES string of the molecule is COc1ccc(NC(=O)CSc2nnc(-c3ccc(F)cc3)n2N)c(OC)c1. The van der Waals surface area contributed by atoms with Gasteiger partial charge in [-0.05, 0) is 36.4 Å². The van der Waals surface area contributed by atoms with Gasteiger partial charge >= 0.3 is 0 Å². The summed E-state index contributed by atoms with van der Waals surface area (Å²) in [5.41, 5.74) is 1.14. The molecule has 3 N–H and O–H groups in total. The van der Waals surface area contributed by atoms with Crippen molar-refractivity contribution in [3.8, 4) is 22.9 Å². The molecule has 0 saturated heterocycles. The highest BCUT2D eigenvalue weighted by Gasteiger charge is 2.15. The monoisotopic (exact) mass is 403 g/mol. The average molecular weight is 403 g/mol. The summed E-state index contributed by atoms with van der Waals surface area (Å²) in [6, 6.07) is 10.8. The van der Waals surface area contributed by atoms with Crippen LogP contribution in [0.4, 0.5) is 10.1 Å². The van der Waals surface area contributed by atoms with Crippen molar-refractivity contribution in [1.29, 1.82) is 0 Å². The molecule has 0 unspecified atom stereocenters. The van der Waals surface area contributed by atoms with Crippen LogP contribution in [-0.2, 0) is 4.79 Å². The van der Waals surface area contributed by atoms with Gasteiger partial charge in [0.05, 0.1) is 25.7 Å². The van der Waals surface area contributed by atoms with E-state index in [0.29, 0.717) is 33.7 Å². The number of carbonyl (C=O) groups is 1. The van der Waals surface area contributed by atoms with Gasteiger partial charge in [-0.2, -0.15) is 0 Å². The van der Waals surface area contributed by atoms with E-state index in [4.69, 9.17) is 15.3 Å². The maximum absolute atomic E-state index is 13.1. The highest BCUT2D eigenvalue weighted by atomic mass is 32.2. The Morgan fingerprint density at radius 1 is 1.18 bits per heavy atom. The Labute approximate surface area is 164 Å². The predicted octanol–water partition coefficient (Wildman–Crippen LogP) is 2.55. The molecular weight excluding hydrogens is 385 g/mol. The zero-order chi connectivity index (χ0) is 20.1. The summed E-state index contributed by atoms with van der Waals surface area (Å²) in [4.78, 5) is 12.3. The lowest BCUT2D eigenvalue weighted by molar-refractivity contribution is -0.113. The first-order valence-corrected chi connectivity index (χ1v) is 9.11. The summed E-state index contributed by atoms with van der Waals surface area (Å²) in [6.07, 6.45) is 0. The number of anilines is 1. The highest BCUT2D eigenvalue weighted by molar-refractivity contribution is 7.99. The van der Waals surface area contributed by atoms with Crippen LogP contribution >= 0.6 is 11.8 Å². The minimum atomic E-state index is -0.355. The van der Waals surface area contributed by atoms with Gasteiger partial charge in [0, 0.05) is 11.6 Å². The summed E-state index contributed by atoms with van der Waals surface area (Å²) in [5, 5.41) is 11.1. The van der Waals surface area contributed by atoms with E-state index in [1.807, 2.05) is 0 Å². The molecule has 3 aromatic rings. The van der Waals surface area contributed by atoms with E-state index < -0.39 is 0 Å². The molecule has 2 aromatic carbocycles. The number of halogens is 1. The van der Waals surface area contributed by atoms with E-state index in [0.717, 1.165) is 11.8 Å². The molecule has 146 valence electrons. The molecular formula is C18H18FN5O3S. The van der Waals surface area contributed by atoms with Crippen LogP contribution in [0.2, 0.25) is 0 Å². The van der Waals surface area contributed by atoms with Gasteiger partial charge in [0.1, 0.15) is 17.3 Å². The Kier molecular flexibility index (Phi) is 5.99. The maximum atomic E-state index is 13.1. The van der Waals surface area contributed by atoms with Gasteiger partial charge in [0.25, 0.3) is 0 Å². The number of aromatic nitrogens is 3. The Bertz CT molecular complexity index is 978. The van der Waals surface area contributed by atoms with Gasteiger partial charge in [-0.3, -0.25) is 4.79 Å². The third-order valence-electron chi connectivity index (χ3n) is 3.78. The second-order valence-electron chi connectivity index (χ2n) is 5.59. The topological polar surface area (TPSA) is 104 Å². The molecule has 10 heteroatoms. The first-order chi connectivity index (χ1) is 13.5. The second kappa shape index (κ2) is 8.61. The van der Waals surface area contributed by atoms with E-state index in [1.165, 1.54) is 23.9 Å². The Balaban J connectivity index is 1.65. The number of nitrogens with zero attached hydrogens (tertiary/aromatic N) is 3. The maximum Gasteiger partial charge on any atom is 0.234 e. The largest absolute Gasteiger partial charge is 0.497 e. The molecule has 0 aliphatic rings. The van der Waals surface area contributed by atoms with Gasteiger partial charge in [-0.25, -0.2) is 9.07 Å². The van der Waals surface area contributed by atoms with Crippen molar-refractivity contribution in [2.24, 2.45) is 0 Å². The highest BCUT2D eigenvalue weighted by Crippen LogP contribution is 2.29. The number of nitrogens with one attached hydrogen (secondary N) is 1. The van der Waals surface area contributed by atoms with Crippen molar-refractivity contribution in [1.82, 2.24) is 14.9 Å². The summed E-state index contributed by atoms with van der Waals surface area (Å²) in [7, 11) is 3.06. The lowest BCUT2D eigenvalue weighted by Gasteiger charge is -2.11. The first-order valence-electron chi connectivity index (χ1n) is 8.13. The molecule has 0 spiro atoms. The van der Waals surface area contributed by atoms with Crippen molar-refractivity contribution >= 4 is 23.4 Å². The van der Waals surface area contributed by atoms with E-state index in [-0.39, 0.29) is 17.5 Å². The fourth-order valence-corrected chi connectivity index (χ4v) is 3.05. The first kappa shape index (κ1) is 19.5. The number of rotatable bonds is 7. The number of nitrogen functional groups attached to an aromatic ring is 1. The second-order valence-corrected chi connectivity index (χ2v) is 6.53. The zero-order valence-corrected chi connectivity index (χ0v) is 16.0. The number of hydrogen-bond acceptors (Lipinski definition) is 7. The van der Waals surface area contributed by atoms with Crippen LogP contribution in [0.5, 0.6) is 11.5 Å².